The number of nitrogens with one attached hydrogen (secondary N) is 1. The van der Waals surface area contributed by atoms with Crippen LogP contribution in [-0.2, 0) is 0 Å². The summed E-state index contributed by atoms with van der Waals surface area (Å²) in [5.74, 6) is 2.11. The minimum Gasteiger partial charge on any atom is -0.322 e. The van der Waals surface area contributed by atoms with Crippen molar-refractivity contribution in [2.24, 2.45) is 0 Å². The Morgan fingerprint density at radius 2 is 2.43 bits per heavy atom. The van der Waals surface area contributed by atoms with E-state index in [1.54, 1.807) is 6.20 Å². The van der Waals surface area contributed by atoms with Crippen molar-refractivity contribution in [3.63, 3.8) is 0 Å². The summed E-state index contributed by atoms with van der Waals surface area (Å²) in [6.07, 6.45) is 1.75. The van der Waals surface area contributed by atoms with Crippen LogP contribution in [0, 0.1) is 4.77 Å². The maximum atomic E-state index is 10.9. The molecule has 0 spiro atoms. The summed E-state index contributed by atoms with van der Waals surface area (Å²) in [6.45, 7) is 4.22. The van der Waals surface area contributed by atoms with E-state index in [0.717, 1.165) is 11.5 Å². The van der Waals surface area contributed by atoms with E-state index < -0.39 is 0 Å². The highest BCUT2D eigenvalue weighted by Crippen LogP contribution is 2.12. The van der Waals surface area contributed by atoms with Crippen LogP contribution in [0.25, 0.3) is 0 Å². The average molecular weight is 230 g/mol. The van der Waals surface area contributed by atoms with Crippen molar-refractivity contribution < 1.29 is 0 Å². The third-order valence-corrected chi connectivity index (χ3v) is 3.33. The van der Waals surface area contributed by atoms with E-state index >= 15 is 0 Å². The molecule has 1 atom stereocenters. The molecule has 5 heteroatoms. The van der Waals surface area contributed by atoms with Crippen molar-refractivity contribution in [3.05, 3.63) is 27.4 Å². The van der Waals surface area contributed by atoms with Crippen molar-refractivity contribution >= 4 is 24.0 Å². The average Bonchev–Trinajstić information content (AvgIpc) is 2.14. The van der Waals surface area contributed by atoms with Gasteiger partial charge in [-0.2, -0.15) is 11.8 Å². The van der Waals surface area contributed by atoms with Gasteiger partial charge in [0.15, 0.2) is 4.77 Å². The third-order valence-electron chi connectivity index (χ3n) is 1.89. The quantitative estimate of drug-likeness (QED) is 0.806. The molecule has 1 heterocycles. The lowest BCUT2D eigenvalue weighted by Crippen LogP contribution is -2.15. The Balaban J connectivity index is 2.85. The smallest absolute Gasteiger partial charge is 0.251 e. The second-order valence-electron chi connectivity index (χ2n) is 3.03. The Kier molecular flexibility index (Phi) is 4.41. The predicted molar refractivity (Wildman–Crippen MR) is 63.6 cm³/mol. The van der Waals surface area contributed by atoms with Crippen LogP contribution in [0.2, 0.25) is 0 Å². The maximum Gasteiger partial charge on any atom is 0.251 e. The number of aromatic nitrogens is 2. The van der Waals surface area contributed by atoms with Crippen LogP contribution in [0.15, 0.2) is 17.1 Å². The van der Waals surface area contributed by atoms with E-state index in [2.05, 4.69) is 18.8 Å². The second-order valence-corrected chi connectivity index (χ2v) is 4.73. The minimum atomic E-state index is -0.137. The number of hydrogen-bond acceptors (Lipinski definition) is 3. The number of rotatable bonds is 4. The summed E-state index contributed by atoms with van der Waals surface area (Å²) in [5, 5.41) is 0. The zero-order chi connectivity index (χ0) is 10.6. The molecular weight excluding hydrogens is 216 g/mol. The van der Waals surface area contributed by atoms with Crippen LogP contribution in [0.5, 0.6) is 0 Å². The Morgan fingerprint density at radius 1 is 1.71 bits per heavy atom. The molecular formula is C9H14N2OS2. The second kappa shape index (κ2) is 5.36. The van der Waals surface area contributed by atoms with Gasteiger partial charge in [0.25, 0.3) is 5.56 Å². The number of aromatic amines is 1. The van der Waals surface area contributed by atoms with Crippen LogP contribution in [0.4, 0.5) is 0 Å². The minimum absolute atomic E-state index is 0.137. The molecule has 0 radical (unpaired) electrons. The van der Waals surface area contributed by atoms with E-state index in [-0.39, 0.29) is 5.56 Å². The number of hydrogen-bond donors (Lipinski definition) is 1. The van der Waals surface area contributed by atoms with E-state index in [1.807, 2.05) is 16.3 Å². The Labute approximate surface area is 92.5 Å². The maximum absolute atomic E-state index is 10.9. The largest absolute Gasteiger partial charge is 0.322 e. The lowest BCUT2D eigenvalue weighted by Gasteiger charge is -2.14. The summed E-state index contributed by atoms with van der Waals surface area (Å²) in [6, 6.07) is 1.83. The van der Waals surface area contributed by atoms with Crippen LogP contribution >= 0.6 is 24.0 Å². The molecule has 1 unspecified atom stereocenters. The van der Waals surface area contributed by atoms with Crippen LogP contribution in [0.1, 0.15) is 19.9 Å². The van der Waals surface area contributed by atoms with Gasteiger partial charge in [-0.15, -0.1) is 0 Å². The van der Waals surface area contributed by atoms with E-state index in [0.29, 0.717) is 10.8 Å². The zero-order valence-corrected chi connectivity index (χ0v) is 9.95. The van der Waals surface area contributed by atoms with Crippen molar-refractivity contribution in [1.29, 1.82) is 0 Å². The molecule has 0 aromatic carbocycles. The van der Waals surface area contributed by atoms with Gasteiger partial charge in [-0.1, -0.05) is 6.92 Å². The van der Waals surface area contributed by atoms with Gasteiger partial charge >= 0.3 is 0 Å². The van der Waals surface area contributed by atoms with Crippen molar-refractivity contribution in [2.45, 2.75) is 19.9 Å². The van der Waals surface area contributed by atoms with Crippen LogP contribution in [-0.4, -0.2) is 21.1 Å². The Hall–Kier alpha value is -0.550. The highest BCUT2D eigenvalue weighted by Gasteiger charge is 2.03. The molecule has 0 amide bonds. The fourth-order valence-electron chi connectivity index (χ4n) is 1.14. The molecule has 14 heavy (non-hydrogen) atoms. The standard InChI is InChI=1S/C9H14N2OS2/c1-3-14-6-7(2)11-5-4-8(12)10-9(11)13/h4-5,7H,3,6H2,1-2H3,(H,10,12,13). The molecule has 1 rings (SSSR count). The summed E-state index contributed by atoms with van der Waals surface area (Å²) >= 11 is 6.93. The Morgan fingerprint density at radius 3 is 3.00 bits per heavy atom. The number of thioether (sulfide) groups is 1. The first-order valence-corrected chi connectivity index (χ1v) is 6.10. The Bertz CT molecular complexity index is 396. The molecule has 1 aromatic heterocycles. The van der Waals surface area contributed by atoms with Gasteiger partial charge in [0.1, 0.15) is 0 Å². The lowest BCUT2D eigenvalue weighted by atomic mass is 10.4. The lowest BCUT2D eigenvalue weighted by molar-refractivity contribution is 0.583. The first-order chi connectivity index (χ1) is 6.65. The summed E-state index contributed by atoms with van der Waals surface area (Å²) < 4.78 is 2.42. The van der Waals surface area contributed by atoms with Crippen LogP contribution in [0.3, 0.4) is 0 Å². The SMILES string of the molecule is CCSCC(C)n1ccc(=O)[nH]c1=S. The fourth-order valence-corrected chi connectivity index (χ4v) is 2.22. The molecule has 3 nitrogen and oxygen atoms in total. The highest BCUT2D eigenvalue weighted by molar-refractivity contribution is 7.99. The van der Waals surface area contributed by atoms with Gasteiger partial charge in [0.2, 0.25) is 0 Å². The zero-order valence-electron chi connectivity index (χ0n) is 8.32. The van der Waals surface area contributed by atoms with E-state index in [9.17, 15) is 4.79 Å². The molecule has 1 aromatic rings. The number of H-pyrrole nitrogens is 1. The summed E-state index contributed by atoms with van der Waals surface area (Å²) in [5.41, 5.74) is -0.137. The predicted octanol–water partition coefficient (Wildman–Crippen LogP) is 2.22. The highest BCUT2D eigenvalue weighted by atomic mass is 32.2. The van der Waals surface area contributed by atoms with Gasteiger partial charge in [0, 0.05) is 24.1 Å². The topological polar surface area (TPSA) is 37.8 Å². The van der Waals surface area contributed by atoms with Crippen molar-refractivity contribution in [2.75, 3.05) is 11.5 Å². The third kappa shape index (κ3) is 2.99. The monoisotopic (exact) mass is 230 g/mol. The fraction of sp³-hybridized carbons (Fsp3) is 0.556. The first kappa shape index (κ1) is 11.5. The molecule has 1 N–H and O–H groups in total. The first-order valence-electron chi connectivity index (χ1n) is 4.54. The van der Waals surface area contributed by atoms with E-state index in [4.69, 9.17) is 12.2 Å². The molecule has 0 aliphatic carbocycles. The molecule has 0 fully saturated rings. The van der Waals surface area contributed by atoms with Crippen LogP contribution < -0.4 is 5.56 Å². The normalized spacial score (nSPS) is 12.7. The van der Waals surface area contributed by atoms with Gasteiger partial charge in [-0.3, -0.25) is 9.78 Å². The van der Waals surface area contributed by atoms with E-state index in [1.165, 1.54) is 6.07 Å². The van der Waals surface area contributed by atoms with Crippen molar-refractivity contribution in [1.82, 2.24) is 9.55 Å². The summed E-state index contributed by atoms with van der Waals surface area (Å²) in [4.78, 5) is 13.5. The molecule has 0 aliphatic heterocycles. The molecule has 0 aliphatic rings. The molecule has 0 saturated heterocycles. The van der Waals surface area contributed by atoms with Crippen molar-refractivity contribution in [3.8, 4) is 0 Å². The van der Waals surface area contributed by atoms with Gasteiger partial charge in [0.05, 0.1) is 0 Å². The molecule has 0 saturated carbocycles. The van der Waals surface area contributed by atoms with Gasteiger partial charge < -0.3 is 4.57 Å². The molecule has 78 valence electrons. The van der Waals surface area contributed by atoms with Gasteiger partial charge in [-0.05, 0) is 24.9 Å². The van der Waals surface area contributed by atoms with Gasteiger partial charge in [-0.25, -0.2) is 0 Å². The molecule has 0 bridgehead atoms. The number of nitrogens with zero attached hydrogens (tertiary/aromatic N) is 1. The summed E-state index contributed by atoms with van der Waals surface area (Å²) in [7, 11) is 0.